The number of halogens is 6. The molecule has 0 aliphatic carbocycles. The van der Waals surface area contributed by atoms with Gasteiger partial charge in [0.25, 0.3) is 0 Å². The van der Waals surface area contributed by atoms with Gasteiger partial charge in [-0.25, -0.2) is 4.79 Å². The highest BCUT2D eigenvalue weighted by Crippen LogP contribution is 2.39. The molecule has 4 nitrogen and oxygen atoms in total. The van der Waals surface area contributed by atoms with Crippen molar-refractivity contribution in [3.8, 4) is 16.9 Å². The van der Waals surface area contributed by atoms with Crippen LogP contribution in [-0.4, -0.2) is 22.5 Å². The fourth-order valence-electron chi connectivity index (χ4n) is 2.19. The van der Waals surface area contributed by atoms with E-state index in [4.69, 9.17) is 5.11 Å². The molecule has 10 heteroatoms. The van der Waals surface area contributed by atoms with Crippen LogP contribution in [0.4, 0.5) is 26.3 Å². The lowest BCUT2D eigenvalue weighted by molar-refractivity contribution is -0.274. The number of aliphatic carboxylic acids is 1. The Hall–Kier alpha value is -2.75. The van der Waals surface area contributed by atoms with Gasteiger partial charge in [0, 0.05) is 5.56 Å². The summed E-state index contributed by atoms with van der Waals surface area (Å²) in [5, 5.41) is 18.3. The van der Waals surface area contributed by atoms with Gasteiger partial charge in [-0.1, -0.05) is 18.2 Å². The predicted octanol–water partition coefficient (Wildman–Crippen LogP) is 4.39. The maximum absolute atomic E-state index is 13.1. The van der Waals surface area contributed by atoms with E-state index in [0.717, 1.165) is 18.2 Å². The number of carboxylic acid groups (broad SMARTS) is 1. The van der Waals surface area contributed by atoms with E-state index in [1.165, 1.54) is 12.1 Å². The summed E-state index contributed by atoms with van der Waals surface area (Å²) in [6.07, 6.45) is -12.3. The van der Waals surface area contributed by atoms with E-state index >= 15 is 0 Å². The van der Waals surface area contributed by atoms with E-state index < -0.39 is 47.1 Å². The first-order valence-corrected chi connectivity index (χ1v) is 6.86. The van der Waals surface area contributed by atoms with Crippen molar-refractivity contribution in [3.05, 3.63) is 53.6 Å². The summed E-state index contributed by atoms with van der Waals surface area (Å²) in [6.45, 7) is 0. The molecule has 0 saturated carbocycles. The fraction of sp³-hybridized carbons (Fsp3) is 0.188. The first-order chi connectivity index (χ1) is 11.9. The Morgan fingerprint density at radius 1 is 1.00 bits per heavy atom. The largest absolute Gasteiger partial charge is 0.573 e. The van der Waals surface area contributed by atoms with Crippen LogP contribution in [-0.2, 0) is 11.0 Å². The highest BCUT2D eigenvalue weighted by atomic mass is 19.4. The van der Waals surface area contributed by atoms with Crippen molar-refractivity contribution in [2.75, 3.05) is 0 Å². The number of benzene rings is 2. The van der Waals surface area contributed by atoms with Crippen LogP contribution in [0.25, 0.3) is 11.1 Å². The number of ether oxygens (including phenoxy) is 1. The maximum Gasteiger partial charge on any atom is 0.573 e. The predicted molar refractivity (Wildman–Crippen MR) is 76.2 cm³/mol. The molecule has 140 valence electrons. The Bertz CT molecular complexity index is 813. The minimum Gasteiger partial charge on any atom is -0.479 e. The van der Waals surface area contributed by atoms with E-state index in [0.29, 0.717) is 12.1 Å². The number of para-hydroxylation sites is 1. The number of carbonyl (C=O) groups is 1. The molecule has 0 bridgehead atoms. The van der Waals surface area contributed by atoms with Crippen molar-refractivity contribution in [2.24, 2.45) is 0 Å². The molecule has 2 rings (SSSR count). The van der Waals surface area contributed by atoms with Crippen LogP contribution in [0.2, 0.25) is 0 Å². The summed E-state index contributed by atoms with van der Waals surface area (Å²) in [7, 11) is 0. The second kappa shape index (κ2) is 6.87. The standard InChI is InChI=1S/C16H10F6O4/c17-15(18,19)10-6-8(5-9(7-10)13(23)14(24)25)11-3-1-2-4-12(11)26-16(20,21)22/h1-7,13,23H,(H,24,25). The summed E-state index contributed by atoms with van der Waals surface area (Å²) in [4.78, 5) is 10.9. The number of aliphatic hydroxyl groups is 1. The van der Waals surface area contributed by atoms with Crippen LogP contribution >= 0.6 is 0 Å². The Morgan fingerprint density at radius 3 is 2.15 bits per heavy atom. The van der Waals surface area contributed by atoms with Gasteiger partial charge in [0.2, 0.25) is 0 Å². The Kier molecular flexibility index (Phi) is 5.17. The normalized spacial score (nSPS) is 13.3. The van der Waals surface area contributed by atoms with Crippen LogP contribution in [0.15, 0.2) is 42.5 Å². The number of alkyl halides is 6. The zero-order chi connectivity index (χ0) is 19.7. The molecule has 2 aromatic rings. The Labute approximate surface area is 142 Å². The van der Waals surface area contributed by atoms with Gasteiger partial charge in [0.1, 0.15) is 5.75 Å². The van der Waals surface area contributed by atoms with Crippen molar-refractivity contribution in [1.82, 2.24) is 0 Å². The number of carboxylic acids is 1. The van der Waals surface area contributed by atoms with E-state index in [1.807, 2.05) is 0 Å². The minimum absolute atomic E-state index is 0.352. The van der Waals surface area contributed by atoms with Crippen molar-refractivity contribution >= 4 is 5.97 Å². The third-order valence-corrected chi connectivity index (χ3v) is 3.26. The van der Waals surface area contributed by atoms with Gasteiger partial charge in [-0.3, -0.25) is 0 Å². The van der Waals surface area contributed by atoms with E-state index in [2.05, 4.69) is 4.74 Å². The van der Waals surface area contributed by atoms with Gasteiger partial charge < -0.3 is 14.9 Å². The molecule has 2 aromatic carbocycles. The molecule has 0 radical (unpaired) electrons. The van der Waals surface area contributed by atoms with Crippen LogP contribution in [0.3, 0.4) is 0 Å². The molecule has 0 saturated heterocycles. The van der Waals surface area contributed by atoms with E-state index in [1.54, 1.807) is 0 Å². The zero-order valence-corrected chi connectivity index (χ0v) is 12.6. The molecule has 26 heavy (non-hydrogen) atoms. The smallest absolute Gasteiger partial charge is 0.479 e. The molecule has 0 amide bonds. The van der Waals surface area contributed by atoms with Crippen LogP contribution < -0.4 is 4.74 Å². The van der Waals surface area contributed by atoms with Gasteiger partial charge in [0.05, 0.1) is 5.56 Å². The van der Waals surface area contributed by atoms with E-state index in [-0.39, 0.29) is 5.56 Å². The third-order valence-electron chi connectivity index (χ3n) is 3.26. The average Bonchev–Trinajstić information content (AvgIpc) is 2.51. The van der Waals surface area contributed by atoms with Crippen LogP contribution in [0, 0.1) is 0 Å². The summed E-state index contributed by atoms with van der Waals surface area (Å²) in [5.41, 5.74) is -2.71. The minimum atomic E-state index is -5.08. The van der Waals surface area contributed by atoms with Gasteiger partial charge in [0.15, 0.2) is 6.10 Å². The number of rotatable bonds is 4. The summed E-state index contributed by atoms with van der Waals surface area (Å²) in [6, 6.07) is 6.24. The quantitative estimate of drug-likeness (QED) is 0.773. The SMILES string of the molecule is O=C(O)C(O)c1cc(-c2ccccc2OC(F)(F)F)cc(C(F)(F)F)c1. The van der Waals surface area contributed by atoms with Crippen molar-refractivity contribution < 1.29 is 46.1 Å². The van der Waals surface area contributed by atoms with Crippen molar-refractivity contribution in [2.45, 2.75) is 18.6 Å². The van der Waals surface area contributed by atoms with Gasteiger partial charge >= 0.3 is 18.5 Å². The number of hydrogen-bond donors (Lipinski definition) is 2. The Balaban J connectivity index is 2.66. The molecule has 1 atom stereocenters. The zero-order valence-electron chi connectivity index (χ0n) is 12.6. The number of hydrogen-bond acceptors (Lipinski definition) is 3. The van der Waals surface area contributed by atoms with Gasteiger partial charge in [-0.05, 0) is 35.4 Å². The molecule has 0 fully saturated rings. The summed E-state index contributed by atoms with van der Waals surface area (Å²) < 4.78 is 80.5. The second-order valence-corrected chi connectivity index (χ2v) is 5.13. The van der Waals surface area contributed by atoms with Crippen LogP contribution in [0.1, 0.15) is 17.2 Å². The number of aliphatic hydroxyl groups excluding tert-OH is 1. The molecule has 1 unspecified atom stereocenters. The van der Waals surface area contributed by atoms with Crippen molar-refractivity contribution in [3.63, 3.8) is 0 Å². The molecular weight excluding hydrogens is 370 g/mol. The van der Waals surface area contributed by atoms with Gasteiger partial charge in [-0.15, -0.1) is 13.2 Å². The molecule has 0 aromatic heterocycles. The first-order valence-electron chi connectivity index (χ1n) is 6.86. The molecule has 2 N–H and O–H groups in total. The molecule has 0 aliphatic heterocycles. The molecule has 0 heterocycles. The fourth-order valence-corrected chi connectivity index (χ4v) is 2.19. The topological polar surface area (TPSA) is 66.8 Å². The molecule has 0 spiro atoms. The summed E-state index contributed by atoms with van der Waals surface area (Å²) >= 11 is 0. The third kappa shape index (κ3) is 4.66. The maximum atomic E-state index is 13.1. The average molecular weight is 380 g/mol. The summed E-state index contributed by atoms with van der Waals surface area (Å²) in [5.74, 6) is -2.58. The highest BCUT2D eigenvalue weighted by Gasteiger charge is 2.34. The highest BCUT2D eigenvalue weighted by molar-refractivity contribution is 5.77. The molecular formula is C16H10F6O4. The lowest BCUT2D eigenvalue weighted by Crippen LogP contribution is -2.17. The second-order valence-electron chi connectivity index (χ2n) is 5.13. The lowest BCUT2D eigenvalue weighted by Gasteiger charge is -2.17. The Morgan fingerprint density at radius 2 is 1.62 bits per heavy atom. The van der Waals surface area contributed by atoms with Crippen molar-refractivity contribution in [1.29, 1.82) is 0 Å². The lowest BCUT2D eigenvalue weighted by atomic mass is 9.96. The van der Waals surface area contributed by atoms with E-state index in [9.17, 15) is 36.2 Å². The first kappa shape index (κ1) is 19.6. The molecule has 0 aliphatic rings. The van der Waals surface area contributed by atoms with Gasteiger partial charge in [-0.2, -0.15) is 13.2 Å². The monoisotopic (exact) mass is 380 g/mol. The van der Waals surface area contributed by atoms with Crippen LogP contribution in [0.5, 0.6) is 5.75 Å².